The fourth-order valence-corrected chi connectivity index (χ4v) is 2.20. The molecular formula is C12H16N2O5. The van der Waals surface area contributed by atoms with Crippen LogP contribution in [0.1, 0.15) is 35.5 Å². The highest BCUT2D eigenvalue weighted by Crippen LogP contribution is 2.20. The Labute approximate surface area is 110 Å². The van der Waals surface area contributed by atoms with Crippen molar-refractivity contribution in [3.05, 3.63) is 17.5 Å². The zero-order valence-electron chi connectivity index (χ0n) is 10.7. The molecule has 1 aliphatic heterocycles. The standard InChI is InChI=1S/C12H16N2O5/c1-18-7-8-6-9(13-19-8)11(15)14-5-3-2-4-10(14)12(16)17/h6,10H,2-5,7H2,1H3,(H,16,17)/t10-/m0/s1. The molecule has 7 heteroatoms. The van der Waals surface area contributed by atoms with Crippen molar-refractivity contribution >= 4 is 11.9 Å². The number of hydrogen-bond acceptors (Lipinski definition) is 5. The van der Waals surface area contributed by atoms with E-state index < -0.39 is 17.9 Å². The average Bonchev–Trinajstić information content (AvgIpc) is 2.87. The predicted octanol–water partition coefficient (Wildman–Crippen LogP) is 0.900. The van der Waals surface area contributed by atoms with E-state index in [9.17, 15) is 9.59 Å². The number of rotatable bonds is 4. The van der Waals surface area contributed by atoms with Crippen molar-refractivity contribution in [1.29, 1.82) is 0 Å². The lowest BCUT2D eigenvalue weighted by atomic mass is 10.0. The van der Waals surface area contributed by atoms with E-state index >= 15 is 0 Å². The van der Waals surface area contributed by atoms with Crippen molar-refractivity contribution in [3.63, 3.8) is 0 Å². The topological polar surface area (TPSA) is 92.9 Å². The zero-order valence-corrected chi connectivity index (χ0v) is 10.7. The molecule has 0 saturated carbocycles. The number of hydrogen-bond donors (Lipinski definition) is 1. The number of carbonyl (C=O) groups excluding carboxylic acids is 1. The monoisotopic (exact) mass is 268 g/mol. The summed E-state index contributed by atoms with van der Waals surface area (Å²) in [5.74, 6) is -0.943. The van der Waals surface area contributed by atoms with Crippen LogP contribution in [-0.4, -0.2) is 46.7 Å². The van der Waals surface area contributed by atoms with Crippen molar-refractivity contribution < 1.29 is 24.0 Å². The van der Waals surface area contributed by atoms with Crippen molar-refractivity contribution in [3.8, 4) is 0 Å². The van der Waals surface area contributed by atoms with Gasteiger partial charge < -0.3 is 19.3 Å². The summed E-state index contributed by atoms with van der Waals surface area (Å²) in [5.41, 5.74) is 0.125. The van der Waals surface area contributed by atoms with Gasteiger partial charge in [-0.1, -0.05) is 5.16 Å². The lowest BCUT2D eigenvalue weighted by Gasteiger charge is -2.32. The number of piperidine rings is 1. The Morgan fingerprint density at radius 2 is 2.37 bits per heavy atom. The molecule has 1 amide bonds. The van der Waals surface area contributed by atoms with Crippen LogP contribution in [0, 0.1) is 0 Å². The van der Waals surface area contributed by atoms with Crippen molar-refractivity contribution in [2.75, 3.05) is 13.7 Å². The van der Waals surface area contributed by atoms with Gasteiger partial charge in [0.25, 0.3) is 5.91 Å². The molecule has 19 heavy (non-hydrogen) atoms. The Morgan fingerprint density at radius 3 is 3.05 bits per heavy atom. The molecule has 0 unspecified atom stereocenters. The number of carbonyl (C=O) groups is 2. The second kappa shape index (κ2) is 5.83. The number of nitrogens with zero attached hydrogens (tertiary/aromatic N) is 2. The number of ether oxygens (including phenoxy) is 1. The molecule has 0 aliphatic carbocycles. The third kappa shape index (κ3) is 2.93. The minimum Gasteiger partial charge on any atom is -0.480 e. The molecule has 0 aromatic carbocycles. The van der Waals surface area contributed by atoms with Gasteiger partial charge in [0.15, 0.2) is 11.5 Å². The van der Waals surface area contributed by atoms with Gasteiger partial charge in [0.05, 0.1) is 0 Å². The van der Waals surface area contributed by atoms with E-state index in [0.717, 1.165) is 12.8 Å². The summed E-state index contributed by atoms with van der Waals surface area (Å²) >= 11 is 0. The van der Waals surface area contributed by atoms with Gasteiger partial charge in [-0.25, -0.2) is 4.79 Å². The number of carboxylic acid groups (broad SMARTS) is 1. The van der Waals surface area contributed by atoms with Gasteiger partial charge in [0.2, 0.25) is 0 Å². The van der Waals surface area contributed by atoms with Crippen LogP contribution in [0.15, 0.2) is 10.6 Å². The average molecular weight is 268 g/mol. The van der Waals surface area contributed by atoms with Crippen LogP contribution in [0.2, 0.25) is 0 Å². The first kappa shape index (κ1) is 13.5. The zero-order chi connectivity index (χ0) is 13.8. The molecule has 2 rings (SSSR count). The minimum absolute atomic E-state index is 0.125. The molecule has 7 nitrogen and oxygen atoms in total. The maximum absolute atomic E-state index is 12.2. The van der Waals surface area contributed by atoms with Crippen LogP contribution in [0.5, 0.6) is 0 Å². The van der Waals surface area contributed by atoms with E-state index in [1.54, 1.807) is 0 Å². The summed E-state index contributed by atoms with van der Waals surface area (Å²) in [6.07, 6.45) is 2.09. The molecule has 1 aliphatic rings. The largest absolute Gasteiger partial charge is 0.480 e. The fraction of sp³-hybridized carbons (Fsp3) is 0.583. The molecule has 1 N–H and O–H groups in total. The first-order valence-electron chi connectivity index (χ1n) is 6.11. The number of aromatic nitrogens is 1. The SMILES string of the molecule is COCc1cc(C(=O)N2CCCC[C@H]2C(=O)O)no1. The van der Waals surface area contributed by atoms with Gasteiger partial charge in [0.1, 0.15) is 12.6 Å². The summed E-state index contributed by atoms with van der Waals surface area (Å²) in [6, 6.07) is 0.711. The summed E-state index contributed by atoms with van der Waals surface area (Å²) in [5, 5.41) is 12.8. The number of likely N-dealkylation sites (tertiary alicyclic amines) is 1. The third-order valence-corrected chi connectivity index (χ3v) is 3.11. The maximum Gasteiger partial charge on any atom is 0.326 e. The van der Waals surface area contributed by atoms with E-state index in [1.807, 2.05) is 0 Å². The van der Waals surface area contributed by atoms with E-state index in [0.29, 0.717) is 18.7 Å². The Bertz CT molecular complexity index is 470. The van der Waals surface area contributed by atoms with Crippen molar-refractivity contribution in [1.82, 2.24) is 10.1 Å². The second-order valence-electron chi connectivity index (χ2n) is 4.46. The Kier molecular flexibility index (Phi) is 4.16. The van der Waals surface area contributed by atoms with E-state index in [2.05, 4.69) is 5.16 Å². The number of aliphatic carboxylic acids is 1. The van der Waals surface area contributed by atoms with Gasteiger partial charge in [0, 0.05) is 19.7 Å². The van der Waals surface area contributed by atoms with Crippen LogP contribution in [0.3, 0.4) is 0 Å². The number of carboxylic acids is 1. The van der Waals surface area contributed by atoms with Gasteiger partial charge >= 0.3 is 5.97 Å². The van der Waals surface area contributed by atoms with E-state index in [-0.39, 0.29) is 12.3 Å². The minimum atomic E-state index is -0.978. The van der Waals surface area contributed by atoms with Gasteiger partial charge in [-0.15, -0.1) is 0 Å². The molecule has 0 radical (unpaired) electrons. The molecule has 1 saturated heterocycles. The second-order valence-corrected chi connectivity index (χ2v) is 4.46. The highest BCUT2D eigenvalue weighted by Gasteiger charge is 2.33. The summed E-state index contributed by atoms with van der Waals surface area (Å²) in [4.78, 5) is 24.7. The lowest BCUT2D eigenvalue weighted by Crippen LogP contribution is -2.48. The molecule has 104 valence electrons. The Hall–Kier alpha value is -1.89. The molecule has 0 spiro atoms. The van der Waals surface area contributed by atoms with Crippen molar-refractivity contribution in [2.45, 2.75) is 31.9 Å². The lowest BCUT2D eigenvalue weighted by molar-refractivity contribution is -0.143. The van der Waals surface area contributed by atoms with Crippen LogP contribution in [-0.2, 0) is 16.1 Å². The van der Waals surface area contributed by atoms with Gasteiger partial charge in [-0.2, -0.15) is 0 Å². The first-order valence-corrected chi connectivity index (χ1v) is 6.11. The van der Waals surface area contributed by atoms with Gasteiger partial charge in [-0.05, 0) is 19.3 Å². The fourth-order valence-electron chi connectivity index (χ4n) is 2.20. The molecular weight excluding hydrogens is 252 g/mol. The summed E-state index contributed by atoms with van der Waals surface area (Å²) in [6.45, 7) is 0.658. The van der Waals surface area contributed by atoms with Crippen molar-refractivity contribution in [2.24, 2.45) is 0 Å². The first-order chi connectivity index (χ1) is 9.13. The highest BCUT2D eigenvalue weighted by atomic mass is 16.5. The Balaban J connectivity index is 2.14. The molecule has 1 fully saturated rings. The van der Waals surface area contributed by atoms with Crippen LogP contribution in [0.25, 0.3) is 0 Å². The molecule has 2 heterocycles. The summed E-state index contributed by atoms with van der Waals surface area (Å²) < 4.78 is 9.82. The molecule has 0 bridgehead atoms. The van der Waals surface area contributed by atoms with Crippen LogP contribution >= 0.6 is 0 Å². The predicted molar refractivity (Wildman–Crippen MR) is 63.5 cm³/mol. The smallest absolute Gasteiger partial charge is 0.326 e. The van der Waals surface area contributed by atoms with Gasteiger partial charge in [-0.3, -0.25) is 4.79 Å². The number of methoxy groups -OCH3 is 1. The molecule has 1 aromatic rings. The quantitative estimate of drug-likeness (QED) is 0.872. The summed E-state index contributed by atoms with van der Waals surface area (Å²) in [7, 11) is 1.51. The maximum atomic E-state index is 12.2. The van der Waals surface area contributed by atoms with Crippen LogP contribution < -0.4 is 0 Å². The van der Waals surface area contributed by atoms with E-state index in [1.165, 1.54) is 18.1 Å². The Morgan fingerprint density at radius 1 is 1.58 bits per heavy atom. The normalized spacial score (nSPS) is 19.4. The third-order valence-electron chi connectivity index (χ3n) is 3.11. The molecule has 1 aromatic heterocycles. The van der Waals surface area contributed by atoms with Crippen LogP contribution in [0.4, 0.5) is 0 Å². The number of amides is 1. The molecule has 1 atom stereocenters. The highest BCUT2D eigenvalue weighted by molar-refractivity contribution is 5.95. The van der Waals surface area contributed by atoms with E-state index in [4.69, 9.17) is 14.4 Å².